The minimum atomic E-state index is -0.0542. The van der Waals surface area contributed by atoms with Gasteiger partial charge in [0.25, 0.3) is 5.91 Å². The van der Waals surface area contributed by atoms with E-state index < -0.39 is 0 Å². The van der Waals surface area contributed by atoms with E-state index in [9.17, 15) is 4.79 Å². The summed E-state index contributed by atoms with van der Waals surface area (Å²) in [4.78, 5) is 12.0. The van der Waals surface area contributed by atoms with Crippen LogP contribution in [0.3, 0.4) is 0 Å². The number of carbonyl (C=O) groups excluding carboxylic acids is 1. The zero-order valence-corrected chi connectivity index (χ0v) is 12.6. The predicted octanol–water partition coefficient (Wildman–Crippen LogP) is 2.68. The van der Waals surface area contributed by atoms with Crippen molar-refractivity contribution in [2.24, 2.45) is 5.73 Å². The van der Waals surface area contributed by atoms with Gasteiger partial charge in [-0.15, -0.1) is 0 Å². The maximum absolute atomic E-state index is 12.0. The molecule has 19 heavy (non-hydrogen) atoms. The molecule has 0 aliphatic heterocycles. The van der Waals surface area contributed by atoms with E-state index in [1.54, 1.807) is 0 Å². The molecule has 0 saturated carbocycles. The average molecular weight is 366 g/mol. The van der Waals surface area contributed by atoms with E-state index in [1.165, 1.54) is 0 Å². The Kier molecular flexibility index (Phi) is 4.93. The van der Waals surface area contributed by atoms with Gasteiger partial charge in [0.05, 0.1) is 0 Å². The van der Waals surface area contributed by atoms with E-state index in [1.807, 2.05) is 48.5 Å². The molecular weight excluding hydrogens is 351 g/mol. The zero-order valence-electron chi connectivity index (χ0n) is 10.4. The smallest absolute Gasteiger partial charge is 0.251 e. The molecule has 0 aliphatic rings. The number of hydrogen-bond donors (Lipinski definition) is 2. The van der Waals surface area contributed by atoms with Crippen molar-refractivity contribution in [2.75, 3.05) is 0 Å². The van der Waals surface area contributed by atoms with Crippen molar-refractivity contribution in [3.05, 3.63) is 68.8 Å². The second-order valence-corrected chi connectivity index (χ2v) is 5.46. The van der Waals surface area contributed by atoms with Crippen LogP contribution in [0.2, 0.25) is 0 Å². The monoisotopic (exact) mass is 366 g/mol. The van der Waals surface area contributed by atoms with Gasteiger partial charge in [-0.05, 0) is 51.9 Å². The average Bonchev–Trinajstić information content (AvgIpc) is 2.45. The van der Waals surface area contributed by atoms with Crippen molar-refractivity contribution in [3.63, 3.8) is 0 Å². The number of benzene rings is 2. The molecule has 0 unspecified atom stereocenters. The topological polar surface area (TPSA) is 55.1 Å². The first kappa shape index (κ1) is 14.0. The minimum absolute atomic E-state index is 0.0542. The third kappa shape index (κ3) is 4.04. The normalized spacial score (nSPS) is 10.2. The molecule has 0 atom stereocenters. The Bertz CT molecular complexity index is 567. The number of amides is 1. The number of nitrogens with one attached hydrogen (secondary N) is 1. The van der Waals surface area contributed by atoms with Crippen LogP contribution >= 0.6 is 22.6 Å². The van der Waals surface area contributed by atoms with Crippen molar-refractivity contribution in [1.82, 2.24) is 5.32 Å². The van der Waals surface area contributed by atoms with Gasteiger partial charge in [-0.3, -0.25) is 4.79 Å². The number of rotatable bonds is 4. The maximum atomic E-state index is 12.0. The molecule has 1 amide bonds. The molecule has 0 heterocycles. The first-order valence-corrected chi connectivity index (χ1v) is 7.08. The second kappa shape index (κ2) is 6.68. The fourth-order valence-electron chi connectivity index (χ4n) is 1.71. The second-order valence-electron chi connectivity index (χ2n) is 4.21. The highest BCUT2D eigenvalue weighted by atomic mass is 127. The number of hydrogen-bond acceptors (Lipinski definition) is 2. The van der Waals surface area contributed by atoms with Crippen LogP contribution < -0.4 is 11.1 Å². The van der Waals surface area contributed by atoms with Gasteiger partial charge in [0, 0.05) is 22.2 Å². The first-order chi connectivity index (χ1) is 9.19. The molecule has 98 valence electrons. The van der Waals surface area contributed by atoms with Gasteiger partial charge >= 0.3 is 0 Å². The zero-order chi connectivity index (χ0) is 13.7. The number of carbonyl (C=O) groups is 1. The summed E-state index contributed by atoms with van der Waals surface area (Å²) in [6.07, 6.45) is 0. The maximum Gasteiger partial charge on any atom is 0.251 e. The van der Waals surface area contributed by atoms with Crippen molar-refractivity contribution < 1.29 is 4.79 Å². The van der Waals surface area contributed by atoms with Gasteiger partial charge in [0.1, 0.15) is 0 Å². The van der Waals surface area contributed by atoms with Crippen LogP contribution in [0.4, 0.5) is 0 Å². The molecular formula is C15H15IN2O. The summed E-state index contributed by atoms with van der Waals surface area (Å²) >= 11 is 2.19. The van der Waals surface area contributed by atoms with Gasteiger partial charge in [0.2, 0.25) is 0 Å². The highest BCUT2D eigenvalue weighted by molar-refractivity contribution is 14.1. The van der Waals surface area contributed by atoms with Crippen LogP contribution in [0.1, 0.15) is 21.5 Å². The molecule has 0 spiro atoms. The molecule has 0 bridgehead atoms. The summed E-state index contributed by atoms with van der Waals surface area (Å²) in [5.41, 5.74) is 8.38. The lowest BCUT2D eigenvalue weighted by Crippen LogP contribution is -2.22. The summed E-state index contributed by atoms with van der Waals surface area (Å²) < 4.78 is 1.05. The van der Waals surface area contributed by atoms with Crippen LogP contribution in [0.5, 0.6) is 0 Å². The Morgan fingerprint density at radius 3 is 2.42 bits per heavy atom. The molecule has 3 N–H and O–H groups in total. The van der Waals surface area contributed by atoms with Gasteiger partial charge in [0.15, 0.2) is 0 Å². The fraction of sp³-hybridized carbons (Fsp3) is 0.133. The van der Waals surface area contributed by atoms with Crippen LogP contribution in [0, 0.1) is 3.57 Å². The van der Waals surface area contributed by atoms with Crippen molar-refractivity contribution in [1.29, 1.82) is 0 Å². The standard InChI is InChI=1S/C15H15IN2O/c16-14-3-1-2-13(8-14)15(19)18-10-12-6-4-11(9-17)5-7-12/h1-8H,9-10,17H2,(H,18,19). The number of nitrogens with two attached hydrogens (primary N) is 1. The Labute approximate surface area is 126 Å². The van der Waals surface area contributed by atoms with Gasteiger partial charge < -0.3 is 11.1 Å². The molecule has 2 aromatic carbocycles. The third-order valence-electron chi connectivity index (χ3n) is 2.80. The van der Waals surface area contributed by atoms with E-state index in [4.69, 9.17) is 5.73 Å². The molecule has 0 saturated heterocycles. The minimum Gasteiger partial charge on any atom is -0.348 e. The molecule has 0 fully saturated rings. The fourth-order valence-corrected chi connectivity index (χ4v) is 2.25. The Morgan fingerprint density at radius 1 is 1.11 bits per heavy atom. The molecule has 3 nitrogen and oxygen atoms in total. The molecule has 4 heteroatoms. The van der Waals surface area contributed by atoms with E-state index in [0.717, 1.165) is 14.7 Å². The molecule has 0 radical (unpaired) electrons. The Hall–Kier alpha value is -1.40. The predicted molar refractivity (Wildman–Crippen MR) is 84.7 cm³/mol. The van der Waals surface area contributed by atoms with Gasteiger partial charge in [-0.1, -0.05) is 30.3 Å². The SMILES string of the molecule is NCc1ccc(CNC(=O)c2cccc(I)c2)cc1. The van der Waals surface area contributed by atoms with Crippen molar-refractivity contribution in [3.8, 4) is 0 Å². The van der Waals surface area contributed by atoms with Gasteiger partial charge in [-0.25, -0.2) is 0 Å². The third-order valence-corrected chi connectivity index (χ3v) is 3.47. The quantitative estimate of drug-likeness (QED) is 0.818. The summed E-state index contributed by atoms with van der Waals surface area (Å²) in [6, 6.07) is 15.5. The van der Waals surface area contributed by atoms with Gasteiger partial charge in [-0.2, -0.15) is 0 Å². The molecule has 0 aliphatic carbocycles. The Morgan fingerprint density at radius 2 is 1.79 bits per heavy atom. The van der Waals surface area contributed by atoms with Crippen LogP contribution in [0.15, 0.2) is 48.5 Å². The van der Waals surface area contributed by atoms with Crippen molar-refractivity contribution >= 4 is 28.5 Å². The van der Waals surface area contributed by atoms with E-state index in [0.29, 0.717) is 18.7 Å². The van der Waals surface area contributed by atoms with Crippen molar-refractivity contribution in [2.45, 2.75) is 13.1 Å². The largest absolute Gasteiger partial charge is 0.348 e. The lowest BCUT2D eigenvalue weighted by Gasteiger charge is -2.06. The lowest BCUT2D eigenvalue weighted by molar-refractivity contribution is 0.0951. The first-order valence-electron chi connectivity index (χ1n) is 6.00. The van der Waals surface area contributed by atoms with Crippen LogP contribution in [-0.4, -0.2) is 5.91 Å². The summed E-state index contributed by atoms with van der Waals surface area (Å²) in [5, 5.41) is 2.91. The van der Waals surface area contributed by atoms with Crippen LogP contribution in [-0.2, 0) is 13.1 Å². The van der Waals surface area contributed by atoms with E-state index >= 15 is 0 Å². The lowest BCUT2D eigenvalue weighted by atomic mass is 10.1. The Balaban J connectivity index is 1.96. The summed E-state index contributed by atoms with van der Waals surface area (Å²) in [6.45, 7) is 1.06. The highest BCUT2D eigenvalue weighted by Gasteiger charge is 2.05. The molecule has 0 aromatic heterocycles. The summed E-state index contributed by atoms with van der Waals surface area (Å²) in [5.74, 6) is -0.0542. The molecule has 2 aromatic rings. The summed E-state index contributed by atoms with van der Waals surface area (Å²) in [7, 11) is 0. The van der Waals surface area contributed by atoms with E-state index in [-0.39, 0.29) is 5.91 Å². The van der Waals surface area contributed by atoms with E-state index in [2.05, 4.69) is 27.9 Å². The highest BCUT2D eigenvalue weighted by Crippen LogP contribution is 2.08. The van der Waals surface area contributed by atoms with Crippen LogP contribution in [0.25, 0.3) is 0 Å². The number of halogens is 1. The molecule has 2 rings (SSSR count).